The number of rotatable bonds is 2. The molecule has 0 saturated carbocycles. The molecule has 0 aliphatic carbocycles. The van der Waals surface area contributed by atoms with Crippen LogP contribution in [0, 0.1) is 0 Å². The van der Waals surface area contributed by atoms with Gasteiger partial charge >= 0.3 is 0 Å². The van der Waals surface area contributed by atoms with Crippen LogP contribution in [0.5, 0.6) is 0 Å². The lowest BCUT2D eigenvalue weighted by molar-refractivity contribution is 0.556. The minimum atomic E-state index is 0.538. The van der Waals surface area contributed by atoms with Crippen LogP contribution in [0.3, 0.4) is 0 Å². The first-order valence-corrected chi connectivity index (χ1v) is 7.08. The van der Waals surface area contributed by atoms with Crippen LogP contribution < -0.4 is 4.90 Å². The zero-order valence-electron chi connectivity index (χ0n) is 11.0. The summed E-state index contributed by atoms with van der Waals surface area (Å²) in [5.41, 5.74) is 3.79. The van der Waals surface area contributed by atoms with Crippen LogP contribution in [0.1, 0.15) is 24.6 Å². The van der Waals surface area contributed by atoms with Crippen molar-refractivity contribution in [1.29, 1.82) is 0 Å². The van der Waals surface area contributed by atoms with E-state index in [1.807, 2.05) is 18.2 Å². The normalized spacial score (nSPS) is 18.2. The SMILES string of the molecule is CC1CCc2ccccc2N1Cc1cccc(Cl)n1. The molecule has 0 spiro atoms. The van der Waals surface area contributed by atoms with E-state index in [0.717, 1.165) is 18.7 Å². The molecule has 0 radical (unpaired) electrons. The molecule has 0 N–H and O–H groups in total. The quantitative estimate of drug-likeness (QED) is 0.766. The van der Waals surface area contributed by atoms with Crippen LogP contribution in [0.4, 0.5) is 5.69 Å². The Morgan fingerprint density at radius 1 is 1.21 bits per heavy atom. The third kappa shape index (κ3) is 2.59. The Labute approximate surface area is 119 Å². The fourth-order valence-corrected chi connectivity index (χ4v) is 2.90. The molecule has 1 aromatic carbocycles. The van der Waals surface area contributed by atoms with Gasteiger partial charge in [0.2, 0.25) is 0 Å². The third-order valence-electron chi connectivity index (χ3n) is 3.77. The molecule has 1 aromatic heterocycles. The minimum Gasteiger partial charge on any atom is -0.363 e. The summed E-state index contributed by atoms with van der Waals surface area (Å²) in [5.74, 6) is 0. The number of para-hydroxylation sites is 1. The Balaban J connectivity index is 1.91. The summed E-state index contributed by atoms with van der Waals surface area (Å²) >= 11 is 5.97. The lowest BCUT2D eigenvalue weighted by Gasteiger charge is -2.37. The van der Waals surface area contributed by atoms with E-state index in [2.05, 4.69) is 41.1 Å². The standard InChI is InChI=1S/C16H17ClN2/c1-12-9-10-13-5-2-3-7-15(13)19(12)11-14-6-4-8-16(17)18-14/h2-8,12H,9-11H2,1H3. The number of nitrogens with zero attached hydrogens (tertiary/aromatic N) is 2. The monoisotopic (exact) mass is 272 g/mol. The van der Waals surface area contributed by atoms with Gasteiger partial charge in [-0.2, -0.15) is 0 Å². The Morgan fingerprint density at radius 2 is 2.05 bits per heavy atom. The second kappa shape index (κ2) is 5.22. The molecule has 0 saturated heterocycles. The van der Waals surface area contributed by atoms with Crippen molar-refractivity contribution in [2.75, 3.05) is 4.90 Å². The zero-order chi connectivity index (χ0) is 13.2. The lowest BCUT2D eigenvalue weighted by Crippen LogP contribution is -2.36. The number of hydrogen-bond acceptors (Lipinski definition) is 2. The van der Waals surface area contributed by atoms with Crippen molar-refractivity contribution in [3.05, 3.63) is 58.9 Å². The van der Waals surface area contributed by atoms with Gasteiger partial charge in [0.15, 0.2) is 0 Å². The van der Waals surface area contributed by atoms with Gasteiger partial charge in [-0.25, -0.2) is 4.98 Å². The van der Waals surface area contributed by atoms with Crippen LogP contribution in [0.2, 0.25) is 5.15 Å². The second-order valence-electron chi connectivity index (χ2n) is 5.10. The van der Waals surface area contributed by atoms with Crippen molar-refractivity contribution < 1.29 is 0 Å². The predicted molar refractivity (Wildman–Crippen MR) is 79.7 cm³/mol. The topological polar surface area (TPSA) is 16.1 Å². The van der Waals surface area contributed by atoms with E-state index in [0.29, 0.717) is 11.2 Å². The summed E-state index contributed by atoms with van der Waals surface area (Å²) in [6.45, 7) is 3.10. The molecule has 1 aliphatic heterocycles. The van der Waals surface area contributed by atoms with Crippen LogP contribution in [0.15, 0.2) is 42.5 Å². The fraction of sp³-hybridized carbons (Fsp3) is 0.312. The number of aryl methyl sites for hydroxylation is 1. The van der Waals surface area contributed by atoms with E-state index in [4.69, 9.17) is 11.6 Å². The smallest absolute Gasteiger partial charge is 0.129 e. The number of aromatic nitrogens is 1. The maximum Gasteiger partial charge on any atom is 0.129 e. The molecule has 0 amide bonds. The van der Waals surface area contributed by atoms with E-state index >= 15 is 0 Å². The number of halogens is 1. The largest absolute Gasteiger partial charge is 0.363 e. The van der Waals surface area contributed by atoms with Crippen molar-refractivity contribution >= 4 is 17.3 Å². The summed E-state index contributed by atoms with van der Waals surface area (Å²) < 4.78 is 0. The lowest BCUT2D eigenvalue weighted by atomic mass is 9.96. The maximum atomic E-state index is 5.97. The van der Waals surface area contributed by atoms with Gasteiger partial charge in [-0.05, 0) is 43.5 Å². The van der Waals surface area contributed by atoms with Crippen molar-refractivity contribution in [3.8, 4) is 0 Å². The predicted octanol–water partition coefficient (Wildman–Crippen LogP) is 4.08. The van der Waals surface area contributed by atoms with Crippen molar-refractivity contribution in [3.63, 3.8) is 0 Å². The van der Waals surface area contributed by atoms with Gasteiger partial charge in [-0.15, -0.1) is 0 Å². The van der Waals surface area contributed by atoms with E-state index in [1.165, 1.54) is 17.7 Å². The molecule has 19 heavy (non-hydrogen) atoms. The molecule has 1 atom stereocenters. The number of anilines is 1. The number of fused-ring (bicyclic) bond motifs is 1. The Hall–Kier alpha value is -1.54. The number of benzene rings is 1. The first-order valence-electron chi connectivity index (χ1n) is 6.70. The molecule has 2 heterocycles. The average molecular weight is 273 g/mol. The van der Waals surface area contributed by atoms with Crippen LogP contribution in [0.25, 0.3) is 0 Å². The highest BCUT2D eigenvalue weighted by Gasteiger charge is 2.22. The molecule has 1 aliphatic rings. The van der Waals surface area contributed by atoms with Gasteiger partial charge in [0, 0.05) is 11.7 Å². The second-order valence-corrected chi connectivity index (χ2v) is 5.48. The van der Waals surface area contributed by atoms with E-state index in [-0.39, 0.29) is 0 Å². The van der Waals surface area contributed by atoms with E-state index < -0.39 is 0 Å². The Bertz CT molecular complexity index is 582. The van der Waals surface area contributed by atoms with Gasteiger partial charge in [-0.3, -0.25) is 0 Å². The highest BCUT2D eigenvalue weighted by atomic mass is 35.5. The van der Waals surface area contributed by atoms with E-state index in [9.17, 15) is 0 Å². The molecule has 98 valence electrons. The summed E-state index contributed by atoms with van der Waals surface area (Å²) in [5, 5.41) is 0.565. The highest BCUT2D eigenvalue weighted by molar-refractivity contribution is 6.29. The number of hydrogen-bond donors (Lipinski definition) is 0. The first kappa shape index (κ1) is 12.5. The fourth-order valence-electron chi connectivity index (χ4n) is 2.71. The molecular formula is C16H17ClN2. The van der Waals surface area contributed by atoms with Crippen molar-refractivity contribution in [1.82, 2.24) is 4.98 Å². The summed E-state index contributed by atoms with van der Waals surface area (Å²) in [6.07, 6.45) is 2.36. The number of pyridine rings is 1. The maximum absolute atomic E-state index is 5.97. The molecule has 1 unspecified atom stereocenters. The van der Waals surface area contributed by atoms with Gasteiger partial charge in [0.25, 0.3) is 0 Å². The van der Waals surface area contributed by atoms with E-state index in [1.54, 1.807) is 0 Å². The minimum absolute atomic E-state index is 0.538. The summed E-state index contributed by atoms with van der Waals surface area (Å²) in [6, 6.07) is 15.0. The average Bonchev–Trinajstić information content (AvgIpc) is 2.42. The van der Waals surface area contributed by atoms with Gasteiger partial charge in [0.05, 0.1) is 12.2 Å². The summed E-state index contributed by atoms with van der Waals surface area (Å²) in [4.78, 5) is 6.83. The molecule has 3 rings (SSSR count). The summed E-state index contributed by atoms with van der Waals surface area (Å²) in [7, 11) is 0. The molecule has 0 bridgehead atoms. The molecular weight excluding hydrogens is 256 g/mol. The van der Waals surface area contributed by atoms with Gasteiger partial charge in [0.1, 0.15) is 5.15 Å². The van der Waals surface area contributed by atoms with Crippen molar-refractivity contribution in [2.24, 2.45) is 0 Å². The first-order chi connectivity index (χ1) is 9.24. The van der Waals surface area contributed by atoms with Crippen LogP contribution in [-0.2, 0) is 13.0 Å². The third-order valence-corrected chi connectivity index (χ3v) is 3.98. The van der Waals surface area contributed by atoms with Gasteiger partial charge in [-0.1, -0.05) is 35.9 Å². The Kier molecular flexibility index (Phi) is 3.43. The van der Waals surface area contributed by atoms with Crippen LogP contribution >= 0.6 is 11.6 Å². The Morgan fingerprint density at radius 3 is 2.89 bits per heavy atom. The highest BCUT2D eigenvalue weighted by Crippen LogP contribution is 2.31. The molecule has 3 heteroatoms. The van der Waals surface area contributed by atoms with Gasteiger partial charge < -0.3 is 4.90 Å². The molecule has 2 aromatic rings. The molecule has 2 nitrogen and oxygen atoms in total. The molecule has 0 fully saturated rings. The van der Waals surface area contributed by atoms with Crippen molar-refractivity contribution in [2.45, 2.75) is 32.4 Å². The zero-order valence-corrected chi connectivity index (χ0v) is 11.8. The van der Waals surface area contributed by atoms with Crippen LogP contribution in [-0.4, -0.2) is 11.0 Å².